The summed E-state index contributed by atoms with van der Waals surface area (Å²) in [7, 11) is 0. The van der Waals surface area contributed by atoms with Crippen LogP contribution in [0.1, 0.15) is 31.9 Å². The van der Waals surface area contributed by atoms with E-state index in [1.165, 1.54) is 6.07 Å². The molecule has 6 heteroatoms. The molecule has 0 bridgehead atoms. The molecule has 21 heavy (non-hydrogen) atoms. The molecule has 1 atom stereocenters. The molecule has 116 valence electrons. The van der Waals surface area contributed by atoms with Gasteiger partial charge in [-0.25, -0.2) is 9.59 Å². The number of aromatic hydroxyl groups is 1. The van der Waals surface area contributed by atoms with Crippen molar-refractivity contribution in [1.29, 1.82) is 0 Å². The zero-order chi connectivity index (χ0) is 16.2. The monoisotopic (exact) mass is 295 g/mol. The maximum Gasteiger partial charge on any atom is 0.408 e. The number of carbonyl (C=O) groups excluding carboxylic acids is 1. The molecule has 0 radical (unpaired) electrons. The summed E-state index contributed by atoms with van der Waals surface area (Å²) in [5.74, 6) is -1.07. The molecule has 0 aliphatic heterocycles. The van der Waals surface area contributed by atoms with E-state index in [1.807, 2.05) is 0 Å². The van der Waals surface area contributed by atoms with Gasteiger partial charge in [0, 0.05) is 6.42 Å². The van der Waals surface area contributed by atoms with Crippen LogP contribution < -0.4 is 5.32 Å². The second-order valence-corrected chi connectivity index (χ2v) is 5.80. The van der Waals surface area contributed by atoms with Gasteiger partial charge in [0.15, 0.2) is 0 Å². The van der Waals surface area contributed by atoms with Crippen LogP contribution in [-0.4, -0.2) is 33.9 Å². The van der Waals surface area contributed by atoms with Gasteiger partial charge in [-0.05, 0) is 44.9 Å². The molecule has 0 heterocycles. The Labute approximate surface area is 123 Å². The Hall–Kier alpha value is -2.24. The Bertz CT molecular complexity index is 533. The third-order valence-corrected chi connectivity index (χ3v) is 2.83. The molecule has 1 rings (SSSR count). The Morgan fingerprint density at radius 2 is 1.95 bits per heavy atom. The smallest absolute Gasteiger partial charge is 0.408 e. The summed E-state index contributed by atoms with van der Waals surface area (Å²) in [5, 5.41) is 21.2. The van der Waals surface area contributed by atoms with Crippen LogP contribution in [-0.2, 0) is 16.0 Å². The van der Waals surface area contributed by atoms with E-state index in [9.17, 15) is 19.8 Å². The van der Waals surface area contributed by atoms with Crippen molar-refractivity contribution in [2.75, 3.05) is 0 Å². The van der Waals surface area contributed by atoms with Gasteiger partial charge in [-0.3, -0.25) is 0 Å². The first kappa shape index (κ1) is 16.8. The molecule has 0 unspecified atom stereocenters. The summed E-state index contributed by atoms with van der Waals surface area (Å²) in [6.07, 6.45) is -0.720. The number of phenols is 1. The van der Waals surface area contributed by atoms with E-state index in [0.29, 0.717) is 11.1 Å². The number of carboxylic acids is 1. The van der Waals surface area contributed by atoms with Crippen molar-refractivity contribution in [2.24, 2.45) is 0 Å². The summed E-state index contributed by atoms with van der Waals surface area (Å²) >= 11 is 0. The zero-order valence-corrected chi connectivity index (χ0v) is 12.6. The van der Waals surface area contributed by atoms with Crippen LogP contribution in [0.5, 0.6) is 5.75 Å². The van der Waals surface area contributed by atoms with Crippen LogP contribution in [0.15, 0.2) is 18.2 Å². The van der Waals surface area contributed by atoms with E-state index in [2.05, 4.69) is 5.32 Å². The fourth-order valence-corrected chi connectivity index (χ4v) is 1.76. The molecule has 0 fully saturated rings. The standard InChI is InChI=1S/C15H21NO5/c1-9-10(6-5-7-12(9)17)8-11(13(18)19)16-14(20)21-15(2,3)4/h5-7,11,17H,8H2,1-4H3,(H,16,20)(H,18,19)/t11-/m0/s1. The van der Waals surface area contributed by atoms with Crippen LogP contribution in [0, 0.1) is 6.92 Å². The molecule has 1 aromatic carbocycles. The van der Waals surface area contributed by atoms with Gasteiger partial charge >= 0.3 is 12.1 Å². The number of rotatable bonds is 4. The van der Waals surface area contributed by atoms with Crippen LogP contribution in [0.4, 0.5) is 4.79 Å². The number of alkyl carbamates (subject to hydrolysis) is 1. The quantitative estimate of drug-likeness (QED) is 0.791. The third kappa shape index (κ3) is 5.33. The molecule has 0 aromatic heterocycles. The van der Waals surface area contributed by atoms with Crippen molar-refractivity contribution in [2.45, 2.75) is 45.8 Å². The Kier molecular flexibility index (Phi) is 5.18. The van der Waals surface area contributed by atoms with Gasteiger partial charge in [0.05, 0.1) is 0 Å². The maximum atomic E-state index is 11.7. The number of aliphatic carboxylic acids is 1. The first-order chi connectivity index (χ1) is 9.60. The van der Waals surface area contributed by atoms with E-state index in [-0.39, 0.29) is 12.2 Å². The minimum atomic E-state index is -1.16. The largest absolute Gasteiger partial charge is 0.508 e. The highest BCUT2D eigenvalue weighted by molar-refractivity contribution is 5.80. The molecule has 1 amide bonds. The number of phenolic OH excluding ortho intramolecular Hbond substituents is 1. The second kappa shape index (κ2) is 6.47. The van der Waals surface area contributed by atoms with Gasteiger partial charge in [-0.2, -0.15) is 0 Å². The van der Waals surface area contributed by atoms with E-state index >= 15 is 0 Å². The average Bonchev–Trinajstić information content (AvgIpc) is 2.31. The third-order valence-electron chi connectivity index (χ3n) is 2.83. The average molecular weight is 295 g/mol. The topological polar surface area (TPSA) is 95.9 Å². The molecule has 0 saturated carbocycles. The lowest BCUT2D eigenvalue weighted by Gasteiger charge is -2.22. The van der Waals surface area contributed by atoms with Crippen molar-refractivity contribution in [1.82, 2.24) is 5.32 Å². The Morgan fingerprint density at radius 1 is 1.33 bits per heavy atom. The van der Waals surface area contributed by atoms with Crippen LogP contribution in [0.2, 0.25) is 0 Å². The molecule has 0 spiro atoms. The SMILES string of the molecule is Cc1c(O)cccc1C[C@H](NC(=O)OC(C)(C)C)C(=O)O. The summed E-state index contributed by atoms with van der Waals surface area (Å²) in [6.45, 7) is 6.78. The normalized spacial score (nSPS) is 12.6. The summed E-state index contributed by atoms with van der Waals surface area (Å²) in [4.78, 5) is 22.9. The molecule has 0 saturated heterocycles. The first-order valence-corrected chi connectivity index (χ1v) is 6.60. The van der Waals surface area contributed by atoms with Gasteiger partial charge in [0.25, 0.3) is 0 Å². The lowest BCUT2D eigenvalue weighted by atomic mass is 10.0. The number of ether oxygens (including phenoxy) is 1. The number of hydrogen-bond acceptors (Lipinski definition) is 4. The highest BCUT2D eigenvalue weighted by Gasteiger charge is 2.24. The van der Waals surface area contributed by atoms with E-state index in [1.54, 1.807) is 39.8 Å². The second-order valence-electron chi connectivity index (χ2n) is 5.80. The minimum Gasteiger partial charge on any atom is -0.508 e. The summed E-state index contributed by atoms with van der Waals surface area (Å²) in [5.41, 5.74) is 0.543. The van der Waals surface area contributed by atoms with Gasteiger partial charge in [-0.15, -0.1) is 0 Å². The van der Waals surface area contributed by atoms with Crippen LogP contribution in [0.3, 0.4) is 0 Å². The number of amides is 1. The lowest BCUT2D eigenvalue weighted by molar-refractivity contribution is -0.139. The van der Waals surface area contributed by atoms with E-state index in [0.717, 1.165) is 0 Å². The molecule has 6 nitrogen and oxygen atoms in total. The molecule has 1 aromatic rings. The van der Waals surface area contributed by atoms with E-state index < -0.39 is 23.7 Å². The van der Waals surface area contributed by atoms with Gasteiger partial charge < -0.3 is 20.3 Å². The summed E-state index contributed by atoms with van der Waals surface area (Å²) in [6, 6.07) is 3.74. The number of benzene rings is 1. The minimum absolute atomic E-state index is 0.0643. The van der Waals surface area contributed by atoms with Gasteiger partial charge in [-0.1, -0.05) is 12.1 Å². The van der Waals surface area contributed by atoms with Crippen LogP contribution >= 0.6 is 0 Å². The number of carboxylic acid groups (broad SMARTS) is 1. The fourth-order valence-electron chi connectivity index (χ4n) is 1.76. The van der Waals surface area contributed by atoms with Crippen molar-refractivity contribution in [3.05, 3.63) is 29.3 Å². The zero-order valence-electron chi connectivity index (χ0n) is 12.6. The fraction of sp³-hybridized carbons (Fsp3) is 0.467. The predicted molar refractivity (Wildman–Crippen MR) is 77.3 cm³/mol. The number of nitrogens with one attached hydrogen (secondary N) is 1. The highest BCUT2D eigenvalue weighted by Crippen LogP contribution is 2.21. The van der Waals surface area contributed by atoms with Crippen molar-refractivity contribution < 1.29 is 24.5 Å². The molecule has 0 aliphatic rings. The van der Waals surface area contributed by atoms with Crippen LogP contribution in [0.25, 0.3) is 0 Å². The Morgan fingerprint density at radius 3 is 2.48 bits per heavy atom. The Balaban J connectivity index is 2.82. The highest BCUT2D eigenvalue weighted by atomic mass is 16.6. The first-order valence-electron chi connectivity index (χ1n) is 6.60. The summed E-state index contributed by atoms with van der Waals surface area (Å²) < 4.78 is 5.05. The van der Waals surface area contributed by atoms with Gasteiger partial charge in [0.2, 0.25) is 0 Å². The predicted octanol–water partition coefficient (Wildman–Crippen LogP) is 2.22. The molecule has 0 aliphatic carbocycles. The van der Waals surface area contributed by atoms with Crippen molar-refractivity contribution in [3.8, 4) is 5.75 Å². The lowest BCUT2D eigenvalue weighted by Crippen LogP contribution is -2.44. The maximum absolute atomic E-state index is 11.7. The molecule has 3 N–H and O–H groups in total. The van der Waals surface area contributed by atoms with Crippen molar-refractivity contribution >= 4 is 12.1 Å². The van der Waals surface area contributed by atoms with Crippen molar-refractivity contribution in [3.63, 3.8) is 0 Å². The molecular weight excluding hydrogens is 274 g/mol. The number of carbonyl (C=O) groups is 2. The molecular formula is C15H21NO5. The van der Waals surface area contributed by atoms with E-state index in [4.69, 9.17) is 4.74 Å². The van der Waals surface area contributed by atoms with Gasteiger partial charge in [0.1, 0.15) is 17.4 Å². The number of hydrogen-bond donors (Lipinski definition) is 3.